The maximum absolute atomic E-state index is 6.11. The number of hydrogen-bond donors (Lipinski definition) is 0. The number of aromatic nitrogens is 2. The second kappa shape index (κ2) is 12.8. The number of nitrogens with zero attached hydrogens (tertiary/aromatic N) is 2. The Hall–Kier alpha value is -3.61. The molecule has 0 bridgehead atoms. The highest BCUT2D eigenvalue weighted by atomic mass is 32.1. The molecule has 6 rings (SSSR count). The van der Waals surface area contributed by atoms with Crippen LogP contribution in [0.25, 0.3) is 11.0 Å². The molecule has 0 aliphatic heterocycles. The maximum Gasteiger partial charge on any atom is 0.127 e. The van der Waals surface area contributed by atoms with Crippen molar-refractivity contribution >= 4 is 73.9 Å². The Balaban J connectivity index is 1.29. The topological polar surface area (TPSA) is 44.2 Å². The van der Waals surface area contributed by atoms with Crippen LogP contribution in [0.5, 0.6) is 23.0 Å². The van der Waals surface area contributed by atoms with Gasteiger partial charge in [-0.05, 0) is 58.9 Å². The van der Waals surface area contributed by atoms with Crippen LogP contribution in [0.4, 0.5) is 0 Å². The second-order valence-electron chi connectivity index (χ2n) is 14.5. The minimum Gasteiger partial charge on any atom is -0.457 e. The molecule has 9 heteroatoms. The summed E-state index contributed by atoms with van der Waals surface area (Å²) in [6.45, 7) is 20.3. The highest BCUT2D eigenvalue weighted by Gasteiger charge is 2.48. The van der Waals surface area contributed by atoms with Gasteiger partial charge in [0.2, 0.25) is 0 Å². The fourth-order valence-corrected chi connectivity index (χ4v) is 25.0. The molecule has 0 atom stereocenters. The first-order valence-corrected chi connectivity index (χ1v) is 31.0. The van der Waals surface area contributed by atoms with Gasteiger partial charge in [-0.1, -0.05) is 136 Å². The maximum atomic E-state index is 6.11. The van der Waals surface area contributed by atoms with Gasteiger partial charge in [0, 0.05) is 0 Å². The average molecular weight is 705 g/mol. The van der Waals surface area contributed by atoms with Crippen LogP contribution < -0.4 is 30.2 Å². The molecule has 240 valence electrons. The van der Waals surface area contributed by atoms with Gasteiger partial charge in [-0.3, -0.25) is 0 Å². The molecule has 0 aliphatic carbocycles. The third-order valence-corrected chi connectivity index (χ3v) is 46.9. The highest BCUT2D eigenvalue weighted by Crippen LogP contribution is 2.28. The van der Waals surface area contributed by atoms with E-state index in [9.17, 15) is 0 Å². The Morgan fingerprint density at radius 2 is 0.702 bits per heavy atom. The predicted molar refractivity (Wildman–Crippen MR) is 212 cm³/mol. The van der Waals surface area contributed by atoms with Crippen molar-refractivity contribution in [2.24, 2.45) is 0 Å². The number of para-hydroxylation sites is 2. The van der Waals surface area contributed by atoms with E-state index in [0.29, 0.717) is 0 Å². The lowest BCUT2D eigenvalue weighted by molar-refractivity contribution is 0.482. The Labute approximate surface area is 287 Å². The van der Waals surface area contributed by atoms with E-state index >= 15 is 0 Å². The van der Waals surface area contributed by atoms with Crippen molar-refractivity contribution in [3.8, 4) is 23.0 Å². The molecule has 5 aromatic carbocycles. The summed E-state index contributed by atoms with van der Waals surface area (Å²) in [7, 11) is -7.79. The van der Waals surface area contributed by atoms with Gasteiger partial charge in [-0.15, -0.1) is 0 Å². The summed E-state index contributed by atoms with van der Waals surface area (Å²) < 4.78 is 22.3. The monoisotopic (exact) mass is 704 g/mol. The summed E-state index contributed by atoms with van der Waals surface area (Å²) in [6, 6.07) is 42.6. The van der Waals surface area contributed by atoms with Gasteiger partial charge < -0.3 is 9.47 Å². The molecule has 0 amide bonds. The zero-order valence-corrected chi connectivity index (χ0v) is 33.5. The molecular weight excluding hydrogens is 661 g/mol. The molecule has 0 N–H and O–H groups in total. The Kier molecular flexibility index (Phi) is 9.05. The Morgan fingerprint density at radius 1 is 0.383 bits per heavy atom. The SMILES string of the molecule is C[Si](C)(c1ccc(Oc2ccccc2)cc1)[Si](C)(C)c1ccc([Si](C)(C)[Si](C)(C)c2ccc(Oc3ccccc3)cc2)c2nsnc12. The lowest BCUT2D eigenvalue weighted by Crippen LogP contribution is -2.70. The molecule has 6 aromatic rings. The standard InChI is InChI=1S/C38H44N2O2SSi4/c1-44(2,33-23-19-31(20-24-33)41-29-15-11-9-12-16-29)46(5,6)35-27-28-36(38-37(35)39-43-40-38)47(7,8)45(3,4)34-25-21-32(22-26-34)42-30-17-13-10-14-18-30/h9-28H,1-8H3. The van der Waals surface area contributed by atoms with Crippen LogP contribution >= 0.6 is 11.7 Å². The second-order valence-corrected chi connectivity index (χ2v) is 45.3. The molecule has 0 aliphatic rings. The largest absolute Gasteiger partial charge is 0.457 e. The molecule has 0 radical (unpaired) electrons. The van der Waals surface area contributed by atoms with Gasteiger partial charge in [0.15, 0.2) is 0 Å². The average Bonchev–Trinajstić information content (AvgIpc) is 3.56. The minimum atomic E-state index is -1.98. The quantitative estimate of drug-likeness (QED) is 0.134. The molecule has 0 spiro atoms. The minimum absolute atomic E-state index is 0.858. The van der Waals surface area contributed by atoms with Crippen LogP contribution in [-0.4, -0.2) is 39.1 Å². The van der Waals surface area contributed by atoms with E-state index in [-0.39, 0.29) is 0 Å². The van der Waals surface area contributed by atoms with Crippen molar-refractivity contribution < 1.29 is 9.47 Å². The summed E-state index contributed by atoms with van der Waals surface area (Å²) in [5.41, 5.74) is 2.29. The van der Waals surface area contributed by atoms with Gasteiger partial charge in [-0.25, -0.2) is 0 Å². The summed E-state index contributed by atoms with van der Waals surface area (Å²) in [4.78, 5) is 0. The van der Waals surface area contributed by atoms with E-state index in [0.717, 1.165) is 34.0 Å². The zero-order valence-electron chi connectivity index (χ0n) is 28.7. The summed E-state index contributed by atoms with van der Waals surface area (Å²) in [6.07, 6.45) is 0. The van der Waals surface area contributed by atoms with Crippen molar-refractivity contribution in [1.29, 1.82) is 0 Å². The van der Waals surface area contributed by atoms with Crippen molar-refractivity contribution in [2.45, 2.75) is 52.4 Å². The van der Waals surface area contributed by atoms with Crippen LogP contribution in [0, 0.1) is 0 Å². The van der Waals surface area contributed by atoms with Crippen LogP contribution in [-0.2, 0) is 0 Å². The van der Waals surface area contributed by atoms with Crippen LogP contribution in [0.3, 0.4) is 0 Å². The number of rotatable bonds is 10. The smallest absolute Gasteiger partial charge is 0.127 e. The molecular formula is C38H44N2O2SSi4. The van der Waals surface area contributed by atoms with E-state index in [1.807, 2.05) is 60.7 Å². The zero-order chi connectivity index (χ0) is 33.5. The van der Waals surface area contributed by atoms with Crippen molar-refractivity contribution in [1.82, 2.24) is 8.75 Å². The molecule has 0 fully saturated rings. The molecule has 47 heavy (non-hydrogen) atoms. The van der Waals surface area contributed by atoms with Gasteiger partial charge >= 0.3 is 0 Å². The fraction of sp³-hybridized carbons (Fsp3) is 0.211. The Morgan fingerprint density at radius 3 is 1.04 bits per heavy atom. The molecule has 1 heterocycles. The molecule has 0 unspecified atom stereocenters. The summed E-state index contributed by atoms with van der Waals surface area (Å²) >= 11 is 1.37. The lowest BCUT2D eigenvalue weighted by atomic mass is 10.3. The molecule has 0 saturated carbocycles. The number of benzene rings is 5. The Bertz CT molecular complexity index is 1830. The third kappa shape index (κ3) is 6.23. The number of fused-ring (bicyclic) bond motifs is 1. The van der Waals surface area contributed by atoms with E-state index in [2.05, 4.69) is 113 Å². The van der Waals surface area contributed by atoms with E-state index in [4.69, 9.17) is 18.2 Å². The third-order valence-electron chi connectivity index (χ3n) is 11.0. The van der Waals surface area contributed by atoms with Gasteiger partial charge in [-0.2, -0.15) is 8.75 Å². The van der Waals surface area contributed by atoms with Gasteiger partial charge in [0.1, 0.15) is 34.0 Å². The predicted octanol–water partition coefficient (Wildman–Crippen LogP) is 8.49. The van der Waals surface area contributed by atoms with E-state index < -0.39 is 30.4 Å². The fourth-order valence-electron chi connectivity index (χ4n) is 6.40. The first kappa shape index (κ1) is 33.3. The van der Waals surface area contributed by atoms with Crippen LogP contribution in [0.2, 0.25) is 52.4 Å². The molecule has 0 saturated heterocycles. The van der Waals surface area contributed by atoms with Gasteiger partial charge in [0.25, 0.3) is 0 Å². The number of ether oxygens (including phenoxy) is 2. The van der Waals surface area contributed by atoms with Crippen LogP contribution in [0.1, 0.15) is 0 Å². The first-order chi connectivity index (χ1) is 22.3. The molecule has 4 nitrogen and oxygen atoms in total. The van der Waals surface area contributed by atoms with Crippen molar-refractivity contribution in [2.75, 3.05) is 0 Å². The highest BCUT2D eigenvalue weighted by molar-refractivity contribution is 7.51. The normalized spacial score (nSPS) is 12.7. The van der Waals surface area contributed by atoms with Crippen molar-refractivity contribution in [3.05, 3.63) is 121 Å². The number of hydrogen-bond acceptors (Lipinski definition) is 5. The first-order valence-electron chi connectivity index (χ1n) is 16.3. The van der Waals surface area contributed by atoms with Crippen molar-refractivity contribution in [3.63, 3.8) is 0 Å². The van der Waals surface area contributed by atoms with Gasteiger partial charge in [0.05, 0.1) is 42.1 Å². The summed E-state index contributed by atoms with van der Waals surface area (Å²) in [5.74, 6) is 3.46. The lowest BCUT2D eigenvalue weighted by Gasteiger charge is -2.41. The molecule has 1 aromatic heterocycles. The van der Waals surface area contributed by atoms with E-state index in [1.165, 1.54) is 32.5 Å². The summed E-state index contributed by atoms with van der Waals surface area (Å²) in [5, 5.41) is 5.80. The van der Waals surface area contributed by atoms with E-state index in [1.54, 1.807) is 0 Å². The van der Waals surface area contributed by atoms with Crippen LogP contribution in [0.15, 0.2) is 121 Å².